The average molecular weight is 319 g/mol. The van der Waals surface area contributed by atoms with E-state index < -0.39 is 5.60 Å². The number of halogens is 1. The van der Waals surface area contributed by atoms with Crippen molar-refractivity contribution in [2.45, 2.75) is 39.2 Å². The number of amides is 1. The van der Waals surface area contributed by atoms with Crippen LogP contribution in [-0.4, -0.2) is 17.6 Å². The van der Waals surface area contributed by atoms with Gasteiger partial charge in [0, 0.05) is 12.0 Å². The average Bonchev–Trinajstić information content (AvgIpc) is 2.84. The Kier molecular flexibility index (Phi) is 5.21. The monoisotopic (exact) mass is 319 g/mol. The summed E-state index contributed by atoms with van der Waals surface area (Å²) in [4.78, 5) is 11.9. The van der Waals surface area contributed by atoms with Gasteiger partial charge in [-0.1, -0.05) is 12.1 Å². The number of rotatable bonds is 6. The molecule has 1 aromatic heterocycles. The van der Waals surface area contributed by atoms with Crippen LogP contribution in [-0.2, 0) is 16.8 Å². The van der Waals surface area contributed by atoms with E-state index >= 15 is 0 Å². The van der Waals surface area contributed by atoms with Gasteiger partial charge in [0.1, 0.15) is 22.9 Å². The lowest BCUT2D eigenvalue weighted by atomic mass is 9.96. The zero-order valence-corrected chi connectivity index (χ0v) is 13.6. The van der Waals surface area contributed by atoms with Crippen molar-refractivity contribution in [3.63, 3.8) is 0 Å². The summed E-state index contributed by atoms with van der Waals surface area (Å²) in [6.45, 7) is 5.35. The van der Waals surface area contributed by atoms with Crippen molar-refractivity contribution >= 4 is 5.91 Å². The molecule has 0 saturated heterocycles. The molecule has 1 amide bonds. The lowest BCUT2D eigenvalue weighted by Crippen LogP contribution is -2.38. The molecule has 1 atom stereocenters. The van der Waals surface area contributed by atoms with Gasteiger partial charge < -0.3 is 14.8 Å². The second kappa shape index (κ2) is 6.96. The third-order valence-electron chi connectivity index (χ3n) is 3.80. The Morgan fingerprint density at radius 3 is 2.52 bits per heavy atom. The van der Waals surface area contributed by atoms with Crippen LogP contribution in [0.15, 0.2) is 34.7 Å². The molecule has 23 heavy (non-hydrogen) atoms. The van der Waals surface area contributed by atoms with Gasteiger partial charge in [-0.05, 0) is 51.0 Å². The highest BCUT2D eigenvalue weighted by Gasteiger charge is 2.28. The molecule has 1 unspecified atom stereocenters. The molecule has 2 aromatic rings. The van der Waals surface area contributed by atoms with E-state index in [2.05, 4.69) is 5.32 Å². The number of carbonyl (C=O) groups is 1. The van der Waals surface area contributed by atoms with E-state index in [1.54, 1.807) is 32.0 Å². The quantitative estimate of drug-likeness (QED) is 0.860. The van der Waals surface area contributed by atoms with Gasteiger partial charge in [0.2, 0.25) is 5.91 Å². The van der Waals surface area contributed by atoms with Gasteiger partial charge in [0.05, 0.1) is 6.54 Å². The van der Waals surface area contributed by atoms with Gasteiger partial charge in [0.25, 0.3) is 0 Å². The van der Waals surface area contributed by atoms with Crippen LogP contribution in [0.3, 0.4) is 0 Å². The fourth-order valence-electron chi connectivity index (χ4n) is 2.53. The van der Waals surface area contributed by atoms with Crippen molar-refractivity contribution in [3.8, 4) is 0 Å². The third kappa shape index (κ3) is 4.66. The van der Waals surface area contributed by atoms with Crippen LogP contribution in [0.1, 0.15) is 36.0 Å². The van der Waals surface area contributed by atoms with Crippen molar-refractivity contribution in [1.29, 1.82) is 0 Å². The third-order valence-corrected chi connectivity index (χ3v) is 3.80. The zero-order valence-electron chi connectivity index (χ0n) is 13.6. The molecule has 2 rings (SSSR count). The minimum Gasteiger partial charge on any atom is -0.466 e. The van der Waals surface area contributed by atoms with Gasteiger partial charge in [-0.3, -0.25) is 4.79 Å². The molecule has 0 spiro atoms. The van der Waals surface area contributed by atoms with E-state index in [-0.39, 0.29) is 24.7 Å². The Hall–Kier alpha value is -2.14. The summed E-state index contributed by atoms with van der Waals surface area (Å²) < 4.78 is 18.2. The Morgan fingerprint density at radius 2 is 1.96 bits per heavy atom. The molecule has 0 aliphatic carbocycles. The summed E-state index contributed by atoms with van der Waals surface area (Å²) in [5.41, 5.74) is 0.386. The molecule has 2 N–H and O–H groups in total. The standard InChI is InChI=1S/C18H22FNO3/c1-12-10-16(13(2)23-12)18(3,22)11-20-17(21)9-6-14-4-7-15(19)8-5-14/h4-5,7-8,10,22H,6,9,11H2,1-3H3,(H,20,21). The highest BCUT2D eigenvalue weighted by molar-refractivity contribution is 5.76. The summed E-state index contributed by atoms with van der Waals surface area (Å²) >= 11 is 0. The fourth-order valence-corrected chi connectivity index (χ4v) is 2.53. The maximum atomic E-state index is 12.8. The Balaban J connectivity index is 1.86. The first kappa shape index (κ1) is 17.2. The molecular weight excluding hydrogens is 297 g/mol. The maximum absolute atomic E-state index is 12.8. The van der Waals surface area contributed by atoms with E-state index in [1.165, 1.54) is 12.1 Å². The van der Waals surface area contributed by atoms with Crippen LogP contribution in [0.5, 0.6) is 0 Å². The number of nitrogens with one attached hydrogen (secondary N) is 1. The highest BCUT2D eigenvalue weighted by atomic mass is 19.1. The van der Waals surface area contributed by atoms with Crippen LogP contribution in [0.25, 0.3) is 0 Å². The smallest absolute Gasteiger partial charge is 0.220 e. The summed E-state index contributed by atoms with van der Waals surface area (Å²) in [6, 6.07) is 7.86. The molecular formula is C18H22FNO3. The minimum absolute atomic E-state index is 0.106. The summed E-state index contributed by atoms with van der Waals surface area (Å²) in [5.74, 6) is 0.918. The predicted octanol–water partition coefficient (Wildman–Crippen LogP) is 2.99. The normalized spacial score (nSPS) is 13.6. The van der Waals surface area contributed by atoms with Gasteiger partial charge >= 0.3 is 0 Å². The van der Waals surface area contributed by atoms with Crippen molar-refractivity contribution < 1.29 is 18.7 Å². The number of furan rings is 1. The van der Waals surface area contributed by atoms with E-state index in [4.69, 9.17) is 4.42 Å². The summed E-state index contributed by atoms with van der Waals surface area (Å²) in [5, 5.41) is 13.3. The van der Waals surface area contributed by atoms with Crippen LogP contribution in [0.2, 0.25) is 0 Å². The molecule has 1 heterocycles. The maximum Gasteiger partial charge on any atom is 0.220 e. The summed E-state index contributed by atoms with van der Waals surface area (Å²) in [7, 11) is 0. The molecule has 0 saturated carbocycles. The van der Waals surface area contributed by atoms with E-state index in [0.717, 1.165) is 11.3 Å². The van der Waals surface area contributed by atoms with Crippen LogP contribution < -0.4 is 5.32 Å². The highest BCUT2D eigenvalue weighted by Crippen LogP contribution is 2.26. The Bertz CT molecular complexity index is 674. The van der Waals surface area contributed by atoms with Crippen LogP contribution in [0, 0.1) is 19.7 Å². The molecule has 0 aliphatic heterocycles. The lowest BCUT2D eigenvalue weighted by molar-refractivity contribution is -0.122. The van der Waals surface area contributed by atoms with Gasteiger partial charge in [0.15, 0.2) is 0 Å². The van der Waals surface area contributed by atoms with Crippen molar-refractivity contribution in [1.82, 2.24) is 5.32 Å². The number of aryl methyl sites for hydroxylation is 3. The van der Waals surface area contributed by atoms with Crippen LogP contribution >= 0.6 is 0 Å². The first-order valence-electron chi connectivity index (χ1n) is 7.59. The zero-order chi connectivity index (χ0) is 17.0. The first-order valence-corrected chi connectivity index (χ1v) is 7.59. The topological polar surface area (TPSA) is 62.5 Å². The number of carbonyl (C=O) groups excluding carboxylic acids is 1. The lowest BCUT2D eigenvalue weighted by Gasteiger charge is -2.23. The van der Waals surface area contributed by atoms with E-state index in [0.29, 0.717) is 17.7 Å². The number of hydrogen-bond acceptors (Lipinski definition) is 3. The number of hydrogen-bond donors (Lipinski definition) is 2. The van der Waals surface area contributed by atoms with E-state index in [9.17, 15) is 14.3 Å². The van der Waals surface area contributed by atoms with Crippen molar-refractivity contribution in [3.05, 3.63) is 58.8 Å². The molecule has 1 aromatic carbocycles. The second-order valence-corrected chi connectivity index (χ2v) is 6.00. The second-order valence-electron chi connectivity index (χ2n) is 6.00. The number of benzene rings is 1. The van der Waals surface area contributed by atoms with Crippen LogP contribution in [0.4, 0.5) is 4.39 Å². The molecule has 0 fully saturated rings. The minimum atomic E-state index is -1.19. The SMILES string of the molecule is Cc1cc(C(C)(O)CNC(=O)CCc2ccc(F)cc2)c(C)o1. The molecule has 5 heteroatoms. The van der Waals surface area contributed by atoms with Gasteiger partial charge in [-0.25, -0.2) is 4.39 Å². The summed E-state index contributed by atoms with van der Waals surface area (Å²) in [6.07, 6.45) is 0.809. The van der Waals surface area contributed by atoms with Crippen molar-refractivity contribution in [2.75, 3.05) is 6.54 Å². The van der Waals surface area contributed by atoms with Gasteiger partial charge in [-0.2, -0.15) is 0 Å². The predicted molar refractivity (Wildman–Crippen MR) is 85.5 cm³/mol. The van der Waals surface area contributed by atoms with Crippen molar-refractivity contribution in [2.24, 2.45) is 0 Å². The molecule has 124 valence electrons. The number of aliphatic hydroxyl groups is 1. The Labute approximate surface area is 135 Å². The molecule has 0 aliphatic rings. The molecule has 0 bridgehead atoms. The first-order chi connectivity index (χ1) is 10.8. The fraction of sp³-hybridized carbons (Fsp3) is 0.389. The molecule has 4 nitrogen and oxygen atoms in total. The van der Waals surface area contributed by atoms with Gasteiger partial charge in [-0.15, -0.1) is 0 Å². The largest absolute Gasteiger partial charge is 0.466 e. The Morgan fingerprint density at radius 1 is 1.30 bits per heavy atom. The molecule has 0 radical (unpaired) electrons. The van der Waals surface area contributed by atoms with E-state index in [1.807, 2.05) is 6.92 Å².